The minimum atomic E-state index is -0.271. The molecule has 3 heterocycles. The zero-order valence-electron chi connectivity index (χ0n) is 17.8. The summed E-state index contributed by atoms with van der Waals surface area (Å²) < 4.78 is 4.23. The molecule has 0 aliphatic rings. The van der Waals surface area contributed by atoms with Crippen LogP contribution in [-0.2, 0) is 6.42 Å². The average Bonchev–Trinajstić information content (AvgIpc) is 3.34. The van der Waals surface area contributed by atoms with Crippen LogP contribution in [0.2, 0.25) is 0 Å². The van der Waals surface area contributed by atoms with Gasteiger partial charge in [0.25, 0.3) is 5.56 Å². The maximum atomic E-state index is 12.7. The lowest BCUT2D eigenvalue weighted by atomic mass is 10.1. The first kappa shape index (κ1) is 20.3. The lowest BCUT2D eigenvalue weighted by Gasteiger charge is -2.08. The van der Waals surface area contributed by atoms with Gasteiger partial charge in [-0.1, -0.05) is 57.0 Å². The summed E-state index contributed by atoms with van der Waals surface area (Å²) in [5.41, 5.74) is 5.29. The molecular formula is C23H20BrN7O. The van der Waals surface area contributed by atoms with E-state index in [4.69, 9.17) is 10.1 Å². The summed E-state index contributed by atoms with van der Waals surface area (Å²) in [6.45, 7) is 5.88. The van der Waals surface area contributed by atoms with Crippen LogP contribution in [0, 0.1) is 20.8 Å². The first-order valence-electron chi connectivity index (χ1n) is 10.1. The number of aromatic nitrogens is 7. The Kier molecular flexibility index (Phi) is 4.97. The van der Waals surface area contributed by atoms with Crippen molar-refractivity contribution in [2.24, 2.45) is 0 Å². The van der Waals surface area contributed by atoms with Gasteiger partial charge in [0.05, 0.1) is 11.9 Å². The van der Waals surface area contributed by atoms with Gasteiger partial charge in [0, 0.05) is 16.6 Å². The van der Waals surface area contributed by atoms with Gasteiger partial charge in [-0.3, -0.25) is 4.79 Å². The smallest absolute Gasteiger partial charge is 0.276 e. The van der Waals surface area contributed by atoms with Crippen LogP contribution in [0.3, 0.4) is 0 Å². The Morgan fingerprint density at radius 3 is 2.69 bits per heavy atom. The van der Waals surface area contributed by atoms with Gasteiger partial charge in [0.15, 0.2) is 22.9 Å². The van der Waals surface area contributed by atoms with Crippen molar-refractivity contribution in [1.29, 1.82) is 0 Å². The van der Waals surface area contributed by atoms with E-state index in [1.807, 2.05) is 50.2 Å². The van der Waals surface area contributed by atoms with E-state index >= 15 is 0 Å². The molecule has 0 aliphatic carbocycles. The highest BCUT2D eigenvalue weighted by Crippen LogP contribution is 2.26. The molecule has 1 N–H and O–H groups in total. The molecule has 0 aliphatic heterocycles. The summed E-state index contributed by atoms with van der Waals surface area (Å²) in [7, 11) is 0. The molecule has 0 radical (unpaired) electrons. The van der Waals surface area contributed by atoms with Crippen molar-refractivity contribution in [3.8, 4) is 17.2 Å². The van der Waals surface area contributed by atoms with Gasteiger partial charge in [-0.05, 0) is 44.0 Å². The van der Waals surface area contributed by atoms with E-state index in [0.29, 0.717) is 35.0 Å². The number of benzene rings is 2. The maximum absolute atomic E-state index is 12.7. The molecule has 32 heavy (non-hydrogen) atoms. The summed E-state index contributed by atoms with van der Waals surface area (Å²) >= 11 is 3.60. The predicted octanol–water partition coefficient (Wildman–Crippen LogP) is 3.94. The highest BCUT2D eigenvalue weighted by atomic mass is 79.9. The number of fused-ring (bicyclic) bond motifs is 1. The topological polar surface area (TPSA) is 93.8 Å². The number of rotatable bonds is 4. The molecule has 0 amide bonds. The van der Waals surface area contributed by atoms with Gasteiger partial charge in [-0.25, -0.2) is 14.2 Å². The largest absolute Gasteiger partial charge is 0.323 e. The fraction of sp³-hybridized carbons (Fsp3) is 0.174. The Hall–Kier alpha value is -3.59. The highest BCUT2D eigenvalue weighted by Gasteiger charge is 2.22. The summed E-state index contributed by atoms with van der Waals surface area (Å²) in [6.07, 6.45) is 2.26. The molecule has 0 unspecified atom stereocenters. The van der Waals surface area contributed by atoms with Gasteiger partial charge in [-0.2, -0.15) is 5.10 Å². The van der Waals surface area contributed by atoms with Crippen LogP contribution < -0.4 is 5.56 Å². The third-order valence-corrected chi connectivity index (χ3v) is 6.06. The number of hydrogen-bond acceptors (Lipinski definition) is 5. The second-order valence-electron chi connectivity index (χ2n) is 7.82. The van der Waals surface area contributed by atoms with Gasteiger partial charge in [0.2, 0.25) is 0 Å². The van der Waals surface area contributed by atoms with Crippen LogP contribution in [0.5, 0.6) is 0 Å². The minimum Gasteiger partial charge on any atom is -0.323 e. The van der Waals surface area contributed by atoms with E-state index in [9.17, 15) is 4.79 Å². The van der Waals surface area contributed by atoms with Crippen molar-refractivity contribution >= 4 is 21.4 Å². The van der Waals surface area contributed by atoms with E-state index in [1.165, 1.54) is 4.52 Å². The number of hydrogen-bond donors (Lipinski definition) is 1. The fourth-order valence-corrected chi connectivity index (χ4v) is 4.23. The normalized spacial score (nSPS) is 11.4. The van der Waals surface area contributed by atoms with Gasteiger partial charge in [-0.15, -0.1) is 5.10 Å². The Bertz CT molecular complexity index is 1530. The summed E-state index contributed by atoms with van der Waals surface area (Å²) in [6, 6.07) is 14.1. The number of H-pyrrole nitrogens is 1. The summed E-state index contributed by atoms with van der Waals surface area (Å²) in [4.78, 5) is 20.4. The molecule has 0 saturated heterocycles. The molecule has 5 aromatic rings. The minimum absolute atomic E-state index is 0.271. The first-order valence-corrected chi connectivity index (χ1v) is 10.9. The number of nitrogens with one attached hydrogen (secondary N) is 1. The van der Waals surface area contributed by atoms with Crippen LogP contribution in [0.15, 0.2) is 57.9 Å². The molecule has 160 valence electrons. The predicted molar refractivity (Wildman–Crippen MR) is 125 cm³/mol. The lowest BCUT2D eigenvalue weighted by Crippen LogP contribution is -2.12. The Labute approximate surface area is 192 Å². The van der Waals surface area contributed by atoms with E-state index in [2.05, 4.69) is 37.3 Å². The van der Waals surface area contributed by atoms with Crippen LogP contribution in [-0.4, -0.2) is 34.6 Å². The van der Waals surface area contributed by atoms with Crippen LogP contribution in [0.1, 0.15) is 28.2 Å². The van der Waals surface area contributed by atoms with Gasteiger partial charge >= 0.3 is 0 Å². The average molecular weight is 490 g/mol. The van der Waals surface area contributed by atoms with E-state index in [0.717, 1.165) is 26.9 Å². The molecule has 2 aromatic carbocycles. The SMILES string of the molecule is Cc1ccc(-n2nc(Cc3ccccc3Br)nc2-c2nnn3cc(C)[nH]c(=O)c23)c(C)c1. The van der Waals surface area contributed by atoms with Crippen molar-refractivity contribution in [1.82, 2.24) is 34.6 Å². The van der Waals surface area contributed by atoms with Gasteiger partial charge < -0.3 is 4.98 Å². The molecule has 0 saturated carbocycles. The van der Waals surface area contributed by atoms with Crippen molar-refractivity contribution in [2.75, 3.05) is 0 Å². The molecule has 0 atom stereocenters. The van der Waals surface area contributed by atoms with Crippen LogP contribution in [0.25, 0.3) is 22.7 Å². The lowest BCUT2D eigenvalue weighted by molar-refractivity contribution is 0.829. The molecular weight excluding hydrogens is 470 g/mol. The summed E-state index contributed by atoms with van der Waals surface area (Å²) in [5.74, 6) is 1.10. The van der Waals surface area contributed by atoms with Crippen LogP contribution >= 0.6 is 15.9 Å². The molecule has 3 aromatic heterocycles. The molecule has 0 fully saturated rings. The van der Waals surface area contributed by atoms with E-state index in [1.54, 1.807) is 17.8 Å². The van der Waals surface area contributed by atoms with E-state index < -0.39 is 0 Å². The van der Waals surface area contributed by atoms with Crippen molar-refractivity contribution in [3.05, 3.63) is 91.7 Å². The Balaban J connectivity index is 1.73. The molecule has 0 spiro atoms. The third kappa shape index (κ3) is 3.54. The van der Waals surface area contributed by atoms with Crippen LogP contribution in [0.4, 0.5) is 0 Å². The zero-order valence-corrected chi connectivity index (χ0v) is 19.4. The van der Waals surface area contributed by atoms with Crippen molar-refractivity contribution in [2.45, 2.75) is 27.2 Å². The number of halogens is 1. The molecule has 0 bridgehead atoms. The molecule has 5 rings (SSSR count). The van der Waals surface area contributed by atoms with E-state index in [-0.39, 0.29) is 5.56 Å². The quantitative estimate of drug-likeness (QED) is 0.412. The second kappa shape index (κ2) is 7.83. The number of aryl methyl sites for hydroxylation is 3. The maximum Gasteiger partial charge on any atom is 0.276 e. The first-order chi connectivity index (χ1) is 15.4. The third-order valence-electron chi connectivity index (χ3n) is 5.29. The Morgan fingerprint density at radius 2 is 1.91 bits per heavy atom. The fourth-order valence-electron chi connectivity index (χ4n) is 3.81. The number of aromatic amines is 1. The molecule has 8 nitrogen and oxygen atoms in total. The second-order valence-corrected chi connectivity index (χ2v) is 8.67. The molecule has 9 heteroatoms. The monoisotopic (exact) mass is 489 g/mol. The standard InChI is InChI=1S/C23H20BrN7O/c1-13-8-9-18(14(2)10-13)31-22(20-21-23(32)25-15(3)12-30(21)29-27-20)26-19(28-31)11-16-6-4-5-7-17(16)24/h4-10,12H,11H2,1-3H3,(H,25,32). The van der Waals surface area contributed by atoms with Crippen molar-refractivity contribution in [3.63, 3.8) is 0 Å². The highest BCUT2D eigenvalue weighted by molar-refractivity contribution is 9.10. The van der Waals surface area contributed by atoms with Crippen molar-refractivity contribution < 1.29 is 0 Å². The summed E-state index contributed by atoms with van der Waals surface area (Å²) in [5, 5.41) is 13.3. The Morgan fingerprint density at radius 1 is 1.09 bits per heavy atom. The number of nitrogens with zero attached hydrogens (tertiary/aromatic N) is 6. The van der Waals surface area contributed by atoms with Gasteiger partial charge in [0.1, 0.15) is 0 Å². The zero-order chi connectivity index (χ0) is 22.4.